The van der Waals surface area contributed by atoms with E-state index in [4.69, 9.17) is 9.47 Å². The van der Waals surface area contributed by atoms with Crippen LogP contribution in [0.4, 0.5) is 0 Å². The summed E-state index contributed by atoms with van der Waals surface area (Å²) in [6.07, 6.45) is 0.403. The van der Waals surface area contributed by atoms with Gasteiger partial charge >= 0.3 is 7.80 Å². The van der Waals surface area contributed by atoms with E-state index >= 15 is 0 Å². The first-order valence-electron chi connectivity index (χ1n) is 3.43. The molecule has 11 heavy (non-hydrogen) atoms. The molecule has 3 atom stereocenters. The molecule has 1 rings (SSSR count). The zero-order valence-corrected chi connectivity index (χ0v) is 8.81. The molecule has 0 aromatic heterocycles. The Morgan fingerprint density at radius 2 is 2.45 bits per heavy atom. The number of hydrogen-bond donors (Lipinski definition) is 0. The van der Waals surface area contributed by atoms with E-state index in [-0.39, 0.29) is 12.4 Å². The van der Waals surface area contributed by atoms with Crippen LogP contribution in [0.25, 0.3) is 0 Å². The summed E-state index contributed by atoms with van der Waals surface area (Å²) >= 11 is 3.29. The van der Waals surface area contributed by atoms with Gasteiger partial charge in [0.25, 0.3) is 0 Å². The predicted octanol–water partition coefficient (Wildman–Crippen LogP) is 1.58. The number of alkyl halides is 1. The van der Waals surface area contributed by atoms with E-state index in [9.17, 15) is 4.57 Å². The predicted molar refractivity (Wildman–Crippen MR) is 46.8 cm³/mol. The highest BCUT2D eigenvalue weighted by Gasteiger charge is 2.29. The molecule has 2 unspecified atom stereocenters. The second-order valence-electron chi connectivity index (χ2n) is 2.49. The normalized spacial score (nSPS) is 32.4. The Kier molecular flexibility index (Phi) is 3.93. The van der Waals surface area contributed by atoms with Gasteiger partial charge in [-0.2, -0.15) is 0 Å². The maximum absolute atomic E-state index is 10.8. The topological polar surface area (TPSA) is 35.5 Å². The zero-order chi connectivity index (χ0) is 8.27. The summed E-state index contributed by atoms with van der Waals surface area (Å²) < 4.78 is 21.4. The van der Waals surface area contributed by atoms with Crippen molar-refractivity contribution in [3.63, 3.8) is 0 Å². The standard InChI is InChI=1S/C6H11BrO3P/c1-11(8)4-6-9-3-5(2-7)10-6/h5-6H,2-4H2,1H3/q+1/t5-,6?/m0/s1. The molecule has 0 bridgehead atoms. The van der Waals surface area contributed by atoms with Gasteiger partial charge in [-0.3, -0.25) is 0 Å². The van der Waals surface area contributed by atoms with Gasteiger partial charge < -0.3 is 9.47 Å². The van der Waals surface area contributed by atoms with Gasteiger partial charge in [-0.05, 0) is 0 Å². The van der Waals surface area contributed by atoms with Gasteiger partial charge in [0.1, 0.15) is 6.66 Å². The van der Waals surface area contributed by atoms with E-state index < -0.39 is 7.80 Å². The lowest BCUT2D eigenvalue weighted by molar-refractivity contribution is -0.0352. The SMILES string of the molecule is C[P+](=O)CC1OC[C@H](CBr)O1. The highest BCUT2D eigenvalue weighted by Crippen LogP contribution is 2.22. The number of hydrogen-bond acceptors (Lipinski definition) is 3. The Morgan fingerprint density at radius 3 is 2.91 bits per heavy atom. The van der Waals surface area contributed by atoms with Crippen LogP contribution in [0.1, 0.15) is 0 Å². The largest absolute Gasteiger partial charge is 0.346 e. The first-order valence-corrected chi connectivity index (χ1v) is 6.45. The van der Waals surface area contributed by atoms with E-state index in [0.29, 0.717) is 12.8 Å². The third-order valence-electron chi connectivity index (χ3n) is 1.39. The average Bonchev–Trinajstić information content (AvgIpc) is 2.34. The van der Waals surface area contributed by atoms with Crippen LogP contribution in [0.3, 0.4) is 0 Å². The van der Waals surface area contributed by atoms with Crippen LogP contribution in [0.2, 0.25) is 0 Å². The number of rotatable bonds is 3. The molecule has 1 heterocycles. The molecule has 0 spiro atoms. The molecule has 0 aromatic carbocycles. The summed E-state index contributed by atoms with van der Waals surface area (Å²) in [5.74, 6) is 0. The van der Waals surface area contributed by atoms with Gasteiger partial charge in [-0.25, -0.2) is 0 Å². The van der Waals surface area contributed by atoms with Crippen molar-refractivity contribution in [1.82, 2.24) is 0 Å². The minimum atomic E-state index is -1.15. The number of halogens is 1. The molecule has 0 N–H and O–H groups in total. The molecule has 1 aliphatic heterocycles. The quantitative estimate of drug-likeness (QED) is 0.556. The smallest absolute Gasteiger partial charge is 0.340 e. The fraction of sp³-hybridized carbons (Fsp3) is 1.00. The zero-order valence-electron chi connectivity index (χ0n) is 6.33. The second-order valence-corrected chi connectivity index (χ2v) is 4.75. The van der Waals surface area contributed by atoms with Crippen molar-refractivity contribution in [1.29, 1.82) is 0 Å². The van der Waals surface area contributed by atoms with Gasteiger partial charge in [0, 0.05) is 5.33 Å². The van der Waals surface area contributed by atoms with Crippen molar-refractivity contribution >= 4 is 23.7 Å². The molecular formula is C6H11BrO3P+. The van der Waals surface area contributed by atoms with Crippen molar-refractivity contribution in [2.75, 3.05) is 24.8 Å². The highest BCUT2D eigenvalue weighted by molar-refractivity contribution is 9.09. The van der Waals surface area contributed by atoms with Crippen LogP contribution in [-0.4, -0.2) is 37.2 Å². The van der Waals surface area contributed by atoms with E-state index in [1.807, 2.05) is 0 Å². The van der Waals surface area contributed by atoms with Gasteiger partial charge in [0.15, 0.2) is 6.16 Å². The molecule has 0 amide bonds. The lowest BCUT2D eigenvalue weighted by atomic mass is 10.5. The van der Waals surface area contributed by atoms with Gasteiger partial charge in [-0.15, -0.1) is 0 Å². The molecule has 1 fully saturated rings. The monoisotopic (exact) mass is 241 g/mol. The van der Waals surface area contributed by atoms with E-state index in [1.54, 1.807) is 6.66 Å². The lowest BCUT2D eigenvalue weighted by Crippen LogP contribution is -2.14. The Bertz CT molecular complexity index is 153. The maximum Gasteiger partial charge on any atom is 0.340 e. The average molecular weight is 242 g/mol. The van der Waals surface area contributed by atoms with Crippen LogP contribution >= 0.6 is 23.7 Å². The Morgan fingerprint density at radius 1 is 1.73 bits per heavy atom. The third kappa shape index (κ3) is 3.16. The summed E-state index contributed by atoms with van der Waals surface area (Å²) in [7, 11) is -1.15. The van der Waals surface area contributed by atoms with Crippen molar-refractivity contribution in [2.45, 2.75) is 12.4 Å². The Balaban J connectivity index is 2.24. The maximum atomic E-state index is 10.8. The lowest BCUT2D eigenvalue weighted by Gasteiger charge is -2.02. The molecule has 3 nitrogen and oxygen atoms in total. The van der Waals surface area contributed by atoms with Crippen LogP contribution in [-0.2, 0) is 14.0 Å². The minimum Gasteiger partial charge on any atom is -0.346 e. The molecule has 1 aliphatic rings. The minimum absolute atomic E-state index is 0.134. The van der Waals surface area contributed by atoms with Gasteiger partial charge in [0.2, 0.25) is 6.29 Å². The Hall–Kier alpha value is 0.500. The van der Waals surface area contributed by atoms with E-state index in [0.717, 1.165) is 5.33 Å². The summed E-state index contributed by atoms with van der Waals surface area (Å²) in [5.41, 5.74) is 0. The van der Waals surface area contributed by atoms with Crippen LogP contribution in [0.15, 0.2) is 0 Å². The fourth-order valence-corrected chi connectivity index (χ4v) is 1.85. The third-order valence-corrected chi connectivity index (χ3v) is 2.93. The van der Waals surface area contributed by atoms with E-state index in [2.05, 4.69) is 15.9 Å². The first kappa shape index (κ1) is 9.59. The molecule has 64 valence electrons. The van der Waals surface area contributed by atoms with Crippen LogP contribution < -0.4 is 0 Å². The molecule has 0 saturated carbocycles. The molecular weight excluding hydrogens is 231 g/mol. The fourth-order valence-electron chi connectivity index (χ4n) is 0.894. The second kappa shape index (κ2) is 4.51. The summed E-state index contributed by atoms with van der Waals surface area (Å²) in [4.78, 5) is 0. The summed E-state index contributed by atoms with van der Waals surface area (Å²) in [5, 5.41) is 0.782. The van der Waals surface area contributed by atoms with Gasteiger partial charge in [0.05, 0.1) is 12.7 Å². The molecule has 0 aliphatic carbocycles. The molecule has 0 aromatic rings. The molecule has 5 heteroatoms. The molecule has 0 radical (unpaired) electrons. The van der Waals surface area contributed by atoms with Crippen molar-refractivity contribution in [3.8, 4) is 0 Å². The van der Waals surface area contributed by atoms with Crippen molar-refractivity contribution in [3.05, 3.63) is 0 Å². The van der Waals surface area contributed by atoms with Crippen LogP contribution in [0, 0.1) is 0 Å². The van der Waals surface area contributed by atoms with Crippen molar-refractivity contribution in [2.24, 2.45) is 0 Å². The van der Waals surface area contributed by atoms with Crippen LogP contribution in [0.5, 0.6) is 0 Å². The van der Waals surface area contributed by atoms with Crippen molar-refractivity contribution < 1.29 is 14.0 Å². The Labute approximate surface area is 75.4 Å². The van der Waals surface area contributed by atoms with E-state index in [1.165, 1.54) is 0 Å². The molecule has 1 saturated heterocycles. The summed E-state index contributed by atoms with van der Waals surface area (Å²) in [6.45, 7) is 2.29. The summed E-state index contributed by atoms with van der Waals surface area (Å²) in [6, 6.07) is 0. The first-order chi connectivity index (χ1) is 5.22. The highest BCUT2D eigenvalue weighted by atomic mass is 79.9. The number of ether oxygens (including phenoxy) is 2. The van der Waals surface area contributed by atoms with Gasteiger partial charge in [-0.1, -0.05) is 20.5 Å².